The molecule has 3 aromatic rings. The number of rotatable bonds is 2. The Kier molecular flexibility index (Phi) is 2.54. The van der Waals surface area contributed by atoms with Crippen LogP contribution in [0.3, 0.4) is 0 Å². The summed E-state index contributed by atoms with van der Waals surface area (Å²) < 4.78 is 5.29. The molecule has 0 radical (unpaired) electrons. The second kappa shape index (κ2) is 4.53. The third kappa shape index (κ3) is 1.89. The van der Waals surface area contributed by atoms with Crippen LogP contribution in [0, 0.1) is 11.3 Å². The van der Waals surface area contributed by atoms with Crippen molar-refractivity contribution < 1.29 is 4.52 Å². The van der Waals surface area contributed by atoms with Crippen molar-refractivity contribution in [2.24, 2.45) is 0 Å². The van der Waals surface area contributed by atoms with Crippen LogP contribution in [0.1, 0.15) is 28.4 Å². The summed E-state index contributed by atoms with van der Waals surface area (Å²) in [5, 5.41) is 12.8. The molecule has 1 atom stereocenters. The maximum Gasteiger partial charge on any atom is 0.276 e. The highest BCUT2D eigenvalue weighted by molar-refractivity contribution is 5.49. The minimum atomic E-state index is 0.206. The molecule has 1 aliphatic carbocycles. The van der Waals surface area contributed by atoms with E-state index in [1.54, 1.807) is 12.1 Å². The molecule has 0 fully saturated rings. The fraction of sp³-hybridized carbons (Fsp3) is 0.125. The Bertz CT molecular complexity index is 845. The molecule has 21 heavy (non-hydrogen) atoms. The highest BCUT2D eigenvalue weighted by atomic mass is 16.5. The van der Waals surface area contributed by atoms with Crippen LogP contribution in [0.15, 0.2) is 47.1 Å². The van der Waals surface area contributed by atoms with Gasteiger partial charge in [-0.15, -0.1) is 0 Å². The second-order valence-corrected chi connectivity index (χ2v) is 4.96. The highest BCUT2D eigenvalue weighted by Gasteiger charge is 2.31. The van der Waals surface area contributed by atoms with Gasteiger partial charge in [-0.1, -0.05) is 29.4 Å². The molecule has 5 nitrogen and oxygen atoms in total. The molecule has 0 N–H and O–H groups in total. The van der Waals surface area contributed by atoms with Gasteiger partial charge in [-0.3, -0.25) is 0 Å². The SMILES string of the molecule is N#Cc1ccc(-c2nc(C3Cc4ccccc43)no2)nc1. The zero-order valence-corrected chi connectivity index (χ0v) is 11.0. The fourth-order valence-electron chi connectivity index (χ4n) is 2.56. The predicted octanol–water partition coefficient (Wildman–Crippen LogP) is 2.69. The van der Waals surface area contributed by atoms with Gasteiger partial charge in [0, 0.05) is 6.20 Å². The molecule has 5 heteroatoms. The molecular formula is C16H10N4O. The lowest BCUT2D eigenvalue weighted by molar-refractivity contribution is 0.415. The van der Waals surface area contributed by atoms with E-state index >= 15 is 0 Å². The molecule has 2 aromatic heterocycles. The number of hydrogen-bond donors (Lipinski definition) is 0. The van der Waals surface area contributed by atoms with Crippen LogP contribution in [-0.4, -0.2) is 15.1 Å². The topological polar surface area (TPSA) is 75.6 Å². The van der Waals surface area contributed by atoms with Gasteiger partial charge in [0.25, 0.3) is 5.89 Å². The normalized spacial score (nSPS) is 15.9. The first-order chi connectivity index (χ1) is 10.3. The van der Waals surface area contributed by atoms with Crippen molar-refractivity contribution in [2.75, 3.05) is 0 Å². The molecule has 100 valence electrons. The fourth-order valence-corrected chi connectivity index (χ4v) is 2.56. The lowest BCUT2D eigenvalue weighted by Crippen LogP contribution is -2.19. The highest BCUT2D eigenvalue weighted by Crippen LogP contribution is 2.38. The smallest absolute Gasteiger partial charge is 0.276 e. The molecule has 0 bridgehead atoms. The van der Waals surface area contributed by atoms with Gasteiger partial charge in [0.2, 0.25) is 0 Å². The van der Waals surface area contributed by atoms with Crippen molar-refractivity contribution in [3.8, 4) is 17.7 Å². The zero-order valence-electron chi connectivity index (χ0n) is 11.0. The van der Waals surface area contributed by atoms with Crippen LogP contribution in [0.4, 0.5) is 0 Å². The monoisotopic (exact) mass is 274 g/mol. The Balaban J connectivity index is 1.63. The quantitative estimate of drug-likeness (QED) is 0.718. The summed E-state index contributed by atoms with van der Waals surface area (Å²) in [6.45, 7) is 0. The summed E-state index contributed by atoms with van der Waals surface area (Å²) in [4.78, 5) is 8.60. The van der Waals surface area contributed by atoms with E-state index in [4.69, 9.17) is 9.78 Å². The Labute approximate surface area is 120 Å². The van der Waals surface area contributed by atoms with Crippen molar-refractivity contribution in [3.05, 3.63) is 65.1 Å². The van der Waals surface area contributed by atoms with E-state index in [2.05, 4.69) is 27.3 Å². The number of pyridine rings is 1. The van der Waals surface area contributed by atoms with Crippen molar-refractivity contribution in [3.63, 3.8) is 0 Å². The lowest BCUT2D eigenvalue weighted by Gasteiger charge is -2.27. The van der Waals surface area contributed by atoms with Crippen molar-refractivity contribution in [2.45, 2.75) is 12.3 Å². The molecule has 4 rings (SSSR count). The molecule has 0 saturated heterocycles. The maximum absolute atomic E-state index is 8.77. The molecule has 0 aliphatic heterocycles. The molecule has 0 saturated carbocycles. The van der Waals surface area contributed by atoms with Gasteiger partial charge >= 0.3 is 0 Å². The summed E-state index contributed by atoms with van der Waals surface area (Å²) in [5.74, 6) is 1.28. The Morgan fingerprint density at radius 3 is 2.86 bits per heavy atom. The summed E-state index contributed by atoms with van der Waals surface area (Å²) in [7, 11) is 0. The molecule has 2 heterocycles. The molecule has 1 aromatic carbocycles. The largest absolute Gasteiger partial charge is 0.332 e. The van der Waals surface area contributed by atoms with Crippen LogP contribution in [0.5, 0.6) is 0 Å². The Morgan fingerprint density at radius 2 is 2.10 bits per heavy atom. The van der Waals surface area contributed by atoms with Gasteiger partial charge in [-0.25, -0.2) is 4.98 Å². The number of hydrogen-bond acceptors (Lipinski definition) is 5. The Hall–Kier alpha value is -3.00. The minimum absolute atomic E-state index is 0.206. The van der Waals surface area contributed by atoms with E-state index in [0.717, 1.165) is 6.42 Å². The molecule has 1 aliphatic rings. The lowest BCUT2D eigenvalue weighted by atomic mass is 9.77. The van der Waals surface area contributed by atoms with Gasteiger partial charge in [0.15, 0.2) is 5.82 Å². The van der Waals surface area contributed by atoms with Gasteiger partial charge in [-0.2, -0.15) is 10.2 Å². The number of benzene rings is 1. The van der Waals surface area contributed by atoms with Gasteiger partial charge in [-0.05, 0) is 29.7 Å². The third-order valence-corrected chi connectivity index (χ3v) is 3.72. The molecule has 1 unspecified atom stereocenters. The summed E-state index contributed by atoms with van der Waals surface area (Å²) >= 11 is 0. The average molecular weight is 274 g/mol. The summed E-state index contributed by atoms with van der Waals surface area (Å²) in [6, 6.07) is 13.7. The third-order valence-electron chi connectivity index (χ3n) is 3.72. The summed E-state index contributed by atoms with van der Waals surface area (Å²) in [5.41, 5.74) is 3.69. The van der Waals surface area contributed by atoms with Crippen LogP contribution >= 0.6 is 0 Å². The predicted molar refractivity (Wildman–Crippen MR) is 74.2 cm³/mol. The van der Waals surface area contributed by atoms with Crippen molar-refractivity contribution in [1.29, 1.82) is 5.26 Å². The van der Waals surface area contributed by atoms with Crippen LogP contribution < -0.4 is 0 Å². The number of fused-ring (bicyclic) bond motifs is 1. The maximum atomic E-state index is 8.77. The Morgan fingerprint density at radius 1 is 1.19 bits per heavy atom. The number of aromatic nitrogens is 3. The minimum Gasteiger partial charge on any atom is -0.332 e. The van der Waals surface area contributed by atoms with Gasteiger partial charge < -0.3 is 4.52 Å². The zero-order chi connectivity index (χ0) is 14.2. The average Bonchev–Trinajstić information content (AvgIpc) is 2.98. The second-order valence-electron chi connectivity index (χ2n) is 4.96. The van der Waals surface area contributed by atoms with Crippen LogP contribution in [-0.2, 0) is 6.42 Å². The summed E-state index contributed by atoms with van der Waals surface area (Å²) in [6.07, 6.45) is 2.44. The van der Waals surface area contributed by atoms with E-state index in [-0.39, 0.29) is 5.92 Å². The van der Waals surface area contributed by atoms with E-state index < -0.39 is 0 Å². The van der Waals surface area contributed by atoms with Crippen LogP contribution in [0.25, 0.3) is 11.6 Å². The first-order valence-corrected chi connectivity index (χ1v) is 6.63. The molecule has 0 spiro atoms. The standard InChI is InChI=1S/C16H10N4O/c17-8-10-5-6-14(18-9-10)16-19-15(20-21-16)13-7-11-3-1-2-4-12(11)13/h1-6,9,13H,7H2. The van der Waals surface area contributed by atoms with E-state index in [1.165, 1.54) is 17.3 Å². The number of nitriles is 1. The van der Waals surface area contributed by atoms with Crippen LogP contribution in [0.2, 0.25) is 0 Å². The van der Waals surface area contributed by atoms with Crippen molar-refractivity contribution in [1.82, 2.24) is 15.1 Å². The first kappa shape index (κ1) is 11.8. The number of nitrogens with zero attached hydrogens (tertiary/aromatic N) is 4. The molecule has 0 amide bonds. The van der Waals surface area contributed by atoms with E-state index in [1.807, 2.05) is 18.2 Å². The first-order valence-electron chi connectivity index (χ1n) is 6.63. The van der Waals surface area contributed by atoms with E-state index in [9.17, 15) is 0 Å². The molecular weight excluding hydrogens is 264 g/mol. The van der Waals surface area contributed by atoms with E-state index in [0.29, 0.717) is 23.0 Å². The van der Waals surface area contributed by atoms with Crippen molar-refractivity contribution >= 4 is 0 Å². The van der Waals surface area contributed by atoms with Gasteiger partial charge in [0.05, 0.1) is 11.5 Å². The van der Waals surface area contributed by atoms with Gasteiger partial charge in [0.1, 0.15) is 11.8 Å².